The van der Waals surface area contributed by atoms with Crippen molar-refractivity contribution in [2.75, 3.05) is 6.54 Å². The van der Waals surface area contributed by atoms with Gasteiger partial charge in [0.15, 0.2) is 0 Å². The van der Waals surface area contributed by atoms with Gasteiger partial charge in [-0.2, -0.15) is 5.10 Å². The molecule has 0 spiro atoms. The molecule has 1 fully saturated rings. The van der Waals surface area contributed by atoms with Crippen molar-refractivity contribution in [3.8, 4) is 0 Å². The van der Waals surface area contributed by atoms with Crippen LogP contribution in [0.3, 0.4) is 0 Å². The van der Waals surface area contributed by atoms with Crippen LogP contribution < -0.4 is 0 Å². The van der Waals surface area contributed by atoms with Crippen LogP contribution in [0.4, 0.5) is 0 Å². The number of carboxylic acid groups (broad SMARTS) is 1. The van der Waals surface area contributed by atoms with E-state index in [1.165, 1.54) is 11.1 Å². The van der Waals surface area contributed by atoms with Gasteiger partial charge in [-0.25, -0.2) is 4.79 Å². The average Bonchev–Trinajstić information content (AvgIpc) is 2.81. The van der Waals surface area contributed by atoms with E-state index in [0.717, 1.165) is 12.8 Å². The molecular weight excluding hydrogens is 210 g/mol. The molecule has 0 saturated carbocycles. The molecule has 1 aliphatic heterocycles. The summed E-state index contributed by atoms with van der Waals surface area (Å²) in [5.74, 6) is -1.22. The summed E-state index contributed by atoms with van der Waals surface area (Å²) in [6, 6.07) is 0.847. The molecule has 0 aromatic carbocycles. The number of piperidine rings is 1. The highest BCUT2D eigenvalue weighted by Crippen LogP contribution is 2.19. The maximum atomic E-state index is 12.0. The van der Waals surface area contributed by atoms with E-state index in [9.17, 15) is 9.59 Å². The van der Waals surface area contributed by atoms with E-state index in [4.69, 9.17) is 5.11 Å². The molecular formula is C10H13N3O3. The molecule has 2 N–H and O–H groups in total. The Kier molecular flexibility index (Phi) is 2.89. The van der Waals surface area contributed by atoms with Crippen LogP contribution in [0.5, 0.6) is 0 Å². The first-order chi connectivity index (χ1) is 7.70. The van der Waals surface area contributed by atoms with E-state index in [1.807, 2.05) is 0 Å². The molecule has 1 aliphatic rings. The maximum absolute atomic E-state index is 12.0. The molecule has 86 valence electrons. The van der Waals surface area contributed by atoms with Gasteiger partial charge in [0.25, 0.3) is 5.91 Å². The molecule has 16 heavy (non-hydrogen) atoms. The number of aliphatic carboxylic acids is 1. The van der Waals surface area contributed by atoms with E-state index in [2.05, 4.69) is 10.2 Å². The number of hydrogen-bond donors (Lipinski definition) is 2. The zero-order valence-corrected chi connectivity index (χ0v) is 8.72. The van der Waals surface area contributed by atoms with Gasteiger partial charge in [-0.1, -0.05) is 0 Å². The van der Waals surface area contributed by atoms with E-state index < -0.39 is 12.0 Å². The number of aromatic nitrogens is 2. The molecule has 2 heterocycles. The standard InChI is InChI=1S/C10H13N3O3/c14-9(7-4-5-11-12-7)13-6-2-1-3-8(13)10(15)16/h4-5,8H,1-3,6H2,(H,11,12)(H,15,16). The van der Waals surface area contributed by atoms with Gasteiger partial charge in [-0.3, -0.25) is 9.89 Å². The van der Waals surface area contributed by atoms with Crippen molar-refractivity contribution < 1.29 is 14.7 Å². The quantitative estimate of drug-likeness (QED) is 0.763. The highest BCUT2D eigenvalue weighted by Gasteiger charge is 2.32. The number of nitrogens with zero attached hydrogens (tertiary/aromatic N) is 2. The summed E-state index contributed by atoms with van der Waals surface area (Å²) in [7, 11) is 0. The lowest BCUT2D eigenvalue weighted by Crippen LogP contribution is -2.48. The monoisotopic (exact) mass is 223 g/mol. The van der Waals surface area contributed by atoms with Crippen LogP contribution in [0, 0.1) is 0 Å². The van der Waals surface area contributed by atoms with Crippen LogP contribution in [0.1, 0.15) is 29.8 Å². The number of amides is 1. The smallest absolute Gasteiger partial charge is 0.326 e. The van der Waals surface area contributed by atoms with Crippen molar-refractivity contribution in [3.05, 3.63) is 18.0 Å². The van der Waals surface area contributed by atoms with Crippen LogP contribution in [-0.4, -0.2) is 44.7 Å². The van der Waals surface area contributed by atoms with Crippen molar-refractivity contribution in [3.63, 3.8) is 0 Å². The lowest BCUT2D eigenvalue weighted by atomic mass is 10.0. The van der Waals surface area contributed by atoms with Gasteiger partial charge in [-0.15, -0.1) is 0 Å². The Bertz CT molecular complexity index is 388. The van der Waals surface area contributed by atoms with Crippen LogP contribution in [0.15, 0.2) is 12.3 Å². The Balaban J connectivity index is 2.17. The molecule has 1 unspecified atom stereocenters. The van der Waals surface area contributed by atoms with Crippen molar-refractivity contribution in [2.45, 2.75) is 25.3 Å². The van der Waals surface area contributed by atoms with Crippen molar-refractivity contribution in [1.29, 1.82) is 0 Å². The third-order valence-corrected chi connectivity index (χ3v) is 2.78. The molecule has 2 rings (SSSR count). The van der Waals surface area contributed by atoms with Gasteiger partial charge >= 0.3 is 5.97 Å². The summed E-state index contributed by atoms with van der Waals surface area (Å²) in [6.07, 6.45) is 3.70. The van der Waals surface area contributed by atoms with E-state index >= 15 is 0 Å². The summed E-state index contributed by atoms with van der Waals surface area (Å²) in [5, 5.41) is 15.3. The zero-order chi connectivity index (χ0) is 11.5. The molecule has 0 bridgehead atoms. The van der Waals surface area contributed by atoms with Gasteiger partial charge in [0.2, 0.25) is 0 Å². The Morgan fingerprint density at radius 2 is 2.31 bits per heavy atom. The van der Waals surface area contributed by atoms with Crippen LogP contribution in [0.25, 0.3) is 0 Å². The summed E-state index contributed by atoms with van der Waals surface area (Å²) < 4.78 is 0. The molecule has 0 aliphatic carbocycles. The molecule has 6 nitrogen and oxygen atoms in total. The molecule has 1 aromatic heterocycles. The summed E-state index contributed by atoms with van der Waals surface area (Å²) in [5.41, 5.74) is 0.341. The fourth-order valence-corrected chi connectivity index (χ4v) is 1.96. The van der Waals surface area contributed by atoms with Crippen LogP contribution in [0.2, 0.25) is 0 Å². The van der Waals surface area contributed by atoms with Gasteiger partial charge in [0.05, 0.1) is 0 Å². The second-order valence-corrected chi connectivity index (χ2v) is 3.82. The average molecular weight is 223 g/mol. The number of H-pyrrole nitrogens is 1. The molecule has 1 amide bonds. The number of carboxylic acids is 1. The highest BCUT2D eigenvalue weighted by molar-refractivity contribution is 5.95. The van der Waals surface area contributed by atoms with Crippen molar-refractivity contribution in [2.24, 2.45) is 0 Å². The lowest BCUT2D eigenvalue weighted by molar-refractivity contribution is -0.143. The minimum atomic E-state index is -0.937. The van der Waals surface area contributed by atoms with Gasteiger partial charge in [-0.05, 0) is 25.3 Å². The summed E-state index contributed by atoms with van der Waals surface area (Å²) in [6.45, 7) is 0.495. The first kappa shape index (κ1) is 10.7. The van der Waals surface area contributed by atoms with Crippen molar-refractivity contribution >= 4 is 11.9 Å². The molecule has 6 heteroatoms. The van der Waals surface area contributed by atoms with Crippen molar-refractivity contribution in [1.82, 2.24) is 15.1 Å². The minimum absolute atomic E-state index is 0.287. The first-order valence-electron chi connectivity index (χ1n) is 5.23. The Morgan fingerprint density at radius 3 is 2.94 bits per heavy atom. The molecule has 1 saturated heterocycles. The normalized spacial score (nSPS) is 20.8. The first-order valence-corrected chi connectivity index (χ1v) is 5.23. The number of rotatable bonds is 2. The molecule has 1 aromatic rings. The third kappa shape index (κ3) is 1.91. The topological polar surface area (TPSA) is 86.3 Å². The SMILES string of the molecule is O=C(O)C1CCCCN1C(=O)c1ccn[nH]1. The third-order valence-electron chi connectivity index (χ3n) is 2.78. The second kappa shape index (κ2) is 4.34. The van der Waals surface area contributed by atoms with Crippen LogP contribution >= 0.6 is 0 Å². The molecule has 0 radical (unpaired) electrons. The number of hydrogen-bond acceptors (Lipinski definition) is 3. The van der Waals surface area contributed by atoms with E-state index in [0.29, 0.717) is 18.7 Å². The predicted octanol–water partition coefficient (Wildman–Crippen LogP) is 0.489. The second-order valence-electron chi connectivity index (χ2n) is 3.82. The fraction of sp³-hybridized carbons (Fsp3) is 0.500. The number of nitrogens with one attached hydrogen (secondary N) is 1. The van der Waals surface area contributed by atoms with Gasteiger partial charge in [0.1, 0.15) is 11.7 Å². The Labute approximate surface area is 92.3 Å². The number of likely N-dealkylation sites (tertiary alicyclic amines) is 1. The van der Waals surface area contributed by atoms with Gasteiger partial charge < -0.3 is 10.0 Å². The fourth-order valence-electron chi connectivity index (χ4n) is 1.96. The zero-order valence-electron chi connectivity index (χ0n) is 8.72. The van der Waals surface area contributed by atoms with E-state index in [-0.39, 0.29) is 5.91 Å². The predicted molar refractivity (Wildman–Crippen MR) is 54.9 cm³/mol. The highest BCUT2D eigenvalue weighted by atomic mass is 16.4. The Morgan fingerprint density at radius 1 is 1.50 bits per heavy atom. The largest absolute Gasteiger partial charge is 0.480 e. The van der Waals surface area contributed by atoms with E-state index in [1.54, 1.807) is 6.07 Å². The number of aromatic amines is 1. The lowest BCUT2D eigenvalue weighted by Gasteiger charge is -2.32. The molecule has 1 atom stereocenters. The maximum Gasteiger partial charge on any atom is 0.326 e. The Hall–Kier alpha value is -1.85. The minimum Gasteiger partial charge on any atom is -0.480 e. The number of carbonyl (C=O) groups is 2. The summed E-state index contributed by atoms with van der Waals surface area (Å²) in [4.78, 5) is 24.4. The summed E-state index contributed by atoms with van der Waals surface area (Å²) >= 11 is 0. The number of carbonyl (C=O) groups excluding carboxylic acids is 1. The van der Waals surface area contributed by atoms with Gasteiger partial charge in [0, 0.05) is 12.7 Å². The van der Waals surface area contributed by atoms with Crippen LogP contribution in [-0.2, 0) is 4.79 Å².